The van der Waals surface area contributed by atoms with Gasteiger partial charge in [0, 0.05) is 18.0 Å². The molecule has 0 aliphatic heterocycles. The topological polar surface area (TPSA) is 33.6 Å². The summed E-state index contributed by atoms with van der Waals surface area (Å²) in [6, 6.07) is 2.37. The van der Waals surface area contributed by atoms with Gasteiger partial charge in [-0.05, 0) is 43.4 Å². The van der Waals surface area contributed by atoms with Crippen molar-refractivity contribution >= 4 is 35.1 Å². The van der Waals surface area contributed by atoms with Crippen molar-refractivity contribution < 1.29 is 0 Å². The molecule has 2 aromatic heterocycles. The third-order valence-corrected chi connectivity index (χ3v) is 4.25. The Hall–Kier alpha value is -0.810. The first kappa shape index (κ1) is 12.6. The van der Waals surface area contributed by atoms with E-state index in [0.717, 1.165) is 27.4 Å². The van der Waals surface area contributed by atoms with Crippen LogP contribution >= 0.6 is 24.0 Å². The first-order chi connectivity index (χ1) is 8.15. The van der Waals surface area contributed by atoms with Gasteiger partial charge in [-0.25, -0.2) is 4.98 Å². The molecule has 2 aromatic rings. The van der Waals surface area contributed by atoms with E-state index in [0.29, 0.717) is 6.04 Å². The van der Waals surface area contributed by atoms with Crippen molar-refractivity contribution in [1.29, 1.82) is 0 Å². The average Bonchev–Trinajstić information content (AvgIpc) is 2.64. The van der Waals surface area contributed by atoms with Crippen LogP contribution in [0.2, 0.25) is 0 Å². The lowest BCUT2D eigenvalue weighted by atomic mass is 10.3. The Bertz CT molecular complexity index is 571. The number of aromatic amines is 1. The number of aryl methyl sites for hydroxylation is 1. The van der Waals surface area contributed by atoms with Crippen LogP contribution in [0.4, 0.5) is 0 Å². The molecule has 92 valence electrons. The van der Waals surface area contributed by atoms with Crippen LogP contribution < -0.4 is 0 Å². The van der Waals surface area contributed by atoms with Crippen molar-refractivity contribution in [1.82, 2.24) is 14.5 Å². The van der Waals surface area contributed by atoms with E-state index >= 15 is 0 Å². The Kier molecular flexibility index (Phi) is 3.89. The highest BCUT2D eigenvalue weighted by atomic mass is 32.2. The van der Waals surface area contributed by atoms with Crippen LogP contribution in [-0.4, -0.2) is 26.0 Å². The van der Waals surface area contributed by atoms with Crippen molar-refractivity contribution in [3.05, 3.63) is 22.6 Å². The molecule has 0 amide bonds. The van der Waals surface area contributed by atoms with Gasteiger partial charge in [0.05, 0.1) is 5.52 Å². The number of nitrogens with one attached hydrogen (secondary N) is 1. The molecule has 0 saturated heterocycles. The Morgan fingerprint density at radius 1 is 1.59 bits per heavy atom. The van der Waals surface area contributed by atoms with Crippen LogP contribution in [0.5, 0.6) is 0 Å². The van der Waals surface area contributed by atoms with Crippen molar-refractivity contribution in [3.63, 3.8) is 0 Å². The number of fused-ring (bicyclic) bond motifs is 1. The van der Waals surface area contributed by atoms with E-state index in [-0.39, 0.29) is 0 Å². The van der Waals surface area contributed by atoms with Gasteiger partial charge in [-0.3, -0.25) is 4.57 Å². The number of rotatable bonds is 4. The third-order valence-electron chi connectivity index (χ3n) is 2.82. The lowest BCUT2D eigenvalue weighted by molar-refractivity contribution is 0.614. The normalized spacial score (nSPS) is 13.1. The Labute approximate surface area is 111 Å². The zero-order chi connectivity index (χ0) is 12.4. The smallest absolute Gasteiger partial charge is 0.179 e. The summed E-state index contributed by atoms with van der Waals surface area (Å²) >= 11 is 7.32. The van der Waals surface area contributed by atoms with Gasteiger partial charge in [0.1, 0.15) is 0 Å². The molecule has 5 heteroatoms. The fourth-order valence-electron chi connectivity index (χ4n) is 1.92. The quantitative estimate of drug-likeness (QED) is 0.857. The molecule has 0 fully saturated rings. The molecule has 0 saturated carbocycles. The van der Waals surface area contributed by atoms with E-state index in [4.69, 9.17) is 12.2 Å². The molecule has 2 heterocycles. The first-order valence-electron chi connectivity index (χ1n) is 5.78. The standard InChI is InChI=1S/C12H17N3S2/c1-4-17-7-9(3)15-11-10(14-12(15)16)8(2)5-6-13-11/h5-6,9H,4,7H2,1-3H3,(H,14,16). The molecule has 2 rings (SSSR count). The first-order valence-corrected chi connectivity index (χ1v) is 7.35. The molecule has 0 aromatic carbocycles. The van der Waals surface area contributed by atoms with Crippen LogP contribution in [-0.2, 0) is 0 Å². The monoisotopic (exact) mass is 267 g/mol. The van der Waals surface area contributed by atoms with E-state index in [1.807, 2.05) is 24.0 Å². The molecule has 0 aliphatic rings. The van der Waals surface area contributed by atoms with E-state index < -0.39 is 0 Å². The summed E-state index contributed by atoms with van der Waals surface area (Å²) in [5.41, 5.74) is 3.22. The maximum atomic E-state index is 5.40. The molecular formula is C12H17N3S2. The minimum Gasteiger partial charge on any atom is -0.329 e. The zero-order valence-electron chi connectivity index (χ0n) is 10.4. The lowest BCUT2D eigenvalue weighted by Crippen LogP contribution is -2.08. The number of aromatic nitrogens is 3. The van der Waals surface area contributed by atoms with Crippen LogP contribution in [0.15, 0.2) is 12.3 Å². The molecule has 17 heavy (non-hydrogen) atoms. The van der Waals surface area contributed by atoms with Gasteiger partial charge in [-0.15, -0.1) is 0 Å². The number of thioether (sulfide) groups is 1. The van der Waals surface area contributed by atoms with E-state index in [2.05, 4.69) is 35.3 Å². The molecule has 0 spiro atoms. The minimum atomic E-state index is 0.371. The van der Waals surface area contributed by atoms with Gasteiger partial charge < -0.3 is 4.98 Å². The van der Waals surface area contributed by atoms with E-state index in [1.165, 1.54) is 5.56 Å². The minimum absolute atomic E-state index is 0.371. The predicted octanol–water partition coefficient (Wildman–Crippen LogP) is 3.72. The van der Waals surface area contributed by atoms with Gasteiger partial charge in [-0.2, -0.15) is 11.8 Å². The molecule has 0 aliphatic carbocycles. The second-order valence-electron chi connectivity index (χ2n) is 4.14. The second-order valence-corrected chi connectivity index (χ2v) is 5.84. The molecule has 1 atom stereocenters. The van der Waals surface area contributed by atoms with E-state index in [1.54, 1.807) is 0 Å². The maximum Gasteiger partial charge on any atom is 0.179 e. The summed E-state index contributed by atoms with van der Waals surface area (Å²) in [6.07, 6.45) is 1.84. The molecule has 0 bridgehead atoms. The van der Waals surface area contributed by atoms with Crippen molar-refractivity contribution in [2.75, 3.05) is 11.5 Å². The highest BCUT2D eigenvalue weighted by Crippen LogP contribution is 2.22. The lowest BCUT2D eigenvalue weighted by Gasteiger charge is -2.13. The maximum absolute atomic E-state index is 5.40. The Balaban J connectivity index is 2.50. The van der Waals surface area contributed by atoms with Gasteiger partial charge in [0.15, 0.2) is 10.4 Å². The number of hydrogen-bond donors (Lipinski definition) is 1. The second kappa shape index (κ2) is 5.23. The number of imidazole rings is 1. The third kappa shape index (κ3) is 2.40. The van der Waals surface area contributed by atoms with Crippen LogP contribution in [0.3, 0.4) is 0 Å². The van der Waals surface area contributed by atoms with Crippen molar-refractivity contribution in [2.24, 2.45) is 0 Å². The number of hydrogen-bond acceptors (Lipinski definition) is 3. The van der Waals surface area contributed by atoms with Crippen molar-refractivity contribution in [2.45, 2.75) is 26.8 Å². The molecule has 1 N–H and O–H groups in total. The molecule has 3 nitrogen and oxygen atoms in total. The van der Waals surface area contributed by atoms with Crippen LogP contribution in [0, 0.1) is 11.7 Å². The van der Waals surface area contributed by atoms with Gasteiger partial charge in [0.2, 0.25) is 0 Å². The average molecular weight is 267 g/mol. The Morgan fingerprint density at radius 2 is 2.35 bits per heavy atom. The highest BCUT2D eigenvalue weighted by Gasteiger charge is 2.12. The van der Waals surface area contributed by atoms with Gasteiger partial charge in [-0.1, -0.05) is 6.92 Å². The molecule has 1 unspecified atom stereocenters. The SMILES string of the molecule is CCSCC(C)n1c(=S)[nH]c2c(C)ccnc21. The summed E-state index contributed by atoms with van der Waals surface area (Å²) in [7, 11) is 0. The summed E-state index contributed by atoms with van der Waals surface area (Å²) in [5, 5.41) is 0. The predicted molar refractivity (Wildman–Crippen MR) is 77.4 cm³/mol. The molecular weight excluding hydrogens is 250 g/mol. The summed E-state index contributed by atoms with van der Waals surface area (Å²) in [4.78, 5) is 7.71. The highest BCUT2D eigenvalue weighted by molar-refractivity contribution is 7.99. The Morgan fingerprint density at radius 3 is 3.06 bits per heavy atom. The van der Waals surface area contributed by atoms with Crippen molar-refractivity contribution in [3.8, 4) is 0 Å². The largest absolute Gasteiger partial charge is 0.329 e. The zero-order valence-corrected chi connectivity index (χ0v) is 12.0. The summed E-state index contributed by atoms with van der Waals surface area (Å²) in [6.45, 7) is 6.44. The molecule has 0 radical (unpaired) electrons. The number of pyridine rings is 1. The van der Waals surface area contributed by atoms with E-state index in [9.17, 15) is 0 Å². The van der Waals surface area contributed by atoms with Crippen LogP contribution in [0.1, 0.15) is 25.5 Å². The number of H-pyrrole nitrogens is 1. The number of nitrogens with zero attached hydrogens (tertiary/aromatic N) is 2. The fourth-order valence-corrected chi connectivity index (χ4v) is 3.01. The van der Waals surface area contributed by atoms with Crippen LogP contribution in [0.25, 0.3) is 11.2 Å². The summed E-state index contributed by atoms with van der Waals surface area (Å²) in [5.74, 6) is 2.19. The summed E-state index contributed by atoms with van der Waals surface area (Å²) < 4.78 is 2.89. The van der Waals surface area contributed by atoms with Gasteiger partial charge >= 0.3 is 0 Å². The van der Waals surface area contributed by atoms with Gasteiger partial charge in [0.25, 0.3) is 0 Å². The fraction of sp³-hybridized carbons (Fsp3) is 0.500.